The lowest BCUT2D eigenvalue weighted by atomic mass is 10.1. The third-order valence-electron chi connectivity index (χ3n) is 3.63. The first kappa shape index (κ1) is 16.7. The number of nitrogens with zero attached hydrogens (tertiary/aromatic N) is 1. The zero-order valence-electron chi connectivity index (χ0n) is 12.9. The SMILES string of the molecule is Cc1[nH]c2ccc(F)cc2c1CCN=CNS(=O)(=O)c1cccs1. The van der Waals surface area contributed by atoms with E-state index >= 15 is 0 Å². The average Bonchev–Trinajstić information content (AvgIpc) is 3.16. The molecule has 0 unspecified atom stereocenters. The van der Waals surface area contributed by atoms with Crippen molar-refractivity contribution in [2.75, 3.05) is 6.54 Å². The number of aliphatic imine (C=N–C) groups is 1. The number of sulfonamides is 1. The molecule has 0 bridgehead atoms. The second-order valence-electron chi connectivity index (χ2n) is 5.26. The number of nitrogens with one attached hydrogen (secondary N) is 2. The summed E-state index contributed by atoms with van der Waals surface area (Å²) in [5, 5.41) is 2.53. The van der Waals surface area contributed by atoms with Gasteiger partial charge < -0.3 is 4.98 Å². The monoisotopic (exact) mass is 365 g/mol. The van der Waals surface area contributed by atoms with Crippen molar-refractivity contribution in [3.8, 4) is 0 Å². The van der Waals surface area contributed by atoms with Crippen LogP contribution in [0.5, 0.6) is 0 Å². The van der Waals surface area contributed by atoms with Crippen LogP contribution in [0, 0.1) is 12.7 Å². The molecule has 5 nitrogen and oxygen atoms in total. The van der Waals surface area contributed by atoms with Gasteiger partial charge in [-0.05, 0) is 48.6 Å². The molecule has 0 atom stereocenters. The molecule has 0 spiro atoms. The third-order valence-corrected chi connectivity index (χ3v) is 6.32. The number of halogens is 1. The van der Waals surface area contributed by atoms with E-state index in [2.05, 4.69) is 14.7 Å². The van der Waals surface area contributed by atoms with Crippen molar-refractivity contribution >= 4 is 38.6 Å². The Kier molecular flexibility index (Phi) is 4.68. The van der Waals surface area contributed by atoms with Crippen LogP contribution >= 0.6 is 11.3 Å². The third kappa shape index (κ3) is 3.49. The molecule has 2 aromatic heterocycles. The number of rotatable bonds is 6. The fourth-order valence-corrected chi connectivity index (χ4v) is 4.35. The van der Waals surface area contributed by atoms with E-state index < -0.39 is 10.0 Å². The van der Waals surface area contributed by atoms with Gasteiger partial charge >= 0.3 is 0 Å². The number of thiophene rings is 1. The molecular formula is C16H16FN3O2S2. The first-order valence-corrected chi connectivity index (χ1v) is 9.64. The molecule has 2 heterocycles. The van der Waals surface area contributed by atoms with E-state index in [9.17, 15) is 12.8 Å². The molecule has 126 valence electrons. The fourth-order valence-electron chi connectivity index (χ4n) is 2.50. The lowest BCUT2D eigenvalue weighted by Crippen LogP contribution is -2.21. The van der Waals surface area contributed by atoms with Crippen LogP contribution in [-0.4, -0.2) is 26.3 Å². The average molecular weight is 365 g/mol. The molecular weight excluding hydrogens is 349 g/mol. The number of hydrogen-bond donors (Lipinski definition) is 2. The molecule has 1 aromatic carbocycles. The highest BCUT2D eigenvalue weighted by atomic mass is 32.2. The number of H-pyrrole nitrogens is 1. The maximum Gasteiger partial charge on any atom is 0.272 e. The van der Waals surface area contributed by atoms with E-state index in [-0.39, 0.29) is 10.0 Å². The Morgan fingerprint density at radius 1 is 1.38 bits per heavy atom. The van der Waals surface area contributed by atoms with Gasteiger partial charge in [-0.2, -0.15) is 0 Å². The van der Waals surface area contributed by atoms with Crippen molar-refractivity contribution in [1.29, 1.82) is 0 Å². The highest BCUT2D eigenvalue weighted by Crippen LogP contribution is 2.23. The van der Waals surface area contributed by atoms with Gasteiger partial charge in [0, 0.05) is 23.1 Å². The maximum atomic E-state index is 13.4. The number of hydrogen-bond acceptors (Lipinski definition) is 4. The van der Waals surface area contributed by atoms with Crippen molar-refractivity contribution in [3.05, 3.63) is 52.8 Å². The fraction of sp³-hybridized carbons (Fsp3) is 0.188. The van der Waals surface area contributed by atoms with Gasteiger partial charge in [-0.15, -0.1) is 11.3 Å². The lowest BCUT2D eigenvalue weighted by molar-refractivity contribution is 0.595. The minimum atomic E-state index is -3.54. The number of benzene rings is 1. The minimum Gasteiger partial charge on any atom is -0.358 e. The summed E-state index contributed by atoms with van der Waals surface area (Å²) in [6, 6.07) is 7.83. The predicted octanol–water partition coefficient (Wildman–Crippen LogP) is 3.23. The molecule has 24 heavy (non-hydrogen) atoms. The van der Waals surface area contributed by atoms with E-state index in [1.165, 1.54) is 24.5 Å². The van der Waals surface area contributed by atoms with Gasteiger partial charge in [0.25, 0.3) is 10.0 Å². The minimum absolute atomic E-state index is 0.247. The summed E-state index contributed by atoms with van der Waals surface area (Å²) in [7, 11) is -3.54. The summed E-state index contributed by atoms with van der Waals surface area (Å²) < 4.78 is 39.8. The molecule has 0 fully saturated rings. The smallest absolute Gasteiger partial charge is 0.272 e. The molecule has 2 N–H and O–H groups in total. The second kappa shape index (κ2) is 6.74. The molecule has 0 aliphatic carbocycles. The van der Waals surface area contributed by atoms with Gasteiger partial charge in [-0.25, -0.2) is 12.8 Å². The molecule has 0 aliphatic heterocycles. The van der Waals surface area contributed by atoms with Crippen molar-refractivity contribution < 1.29 is 12.8 Å². The van der Waals surface area contributed by atoms with Crippen molar-refractivity contribution in [2.24, 2.45) is 4.99 Å². The quantitative estimate of drug-likeness (QED) is 0.520. The van der Waals surface area contributed by atoms with Gasteiger partial charge in [0.05, 0.1) is 6.34 Å². The Hall–Kier alpha value is -2.19. The summed E-state index contributed by atoms with van der Waals surface area (Å²) in [5.41, 5.74) is 2.83. The Morgan fingerprint density at radius 2 is 2.21 bits per heavy atom. The number of aryl methyl sites for hydroxylation is 1. The van der Waals surface area contributed by atoms with Gasteiger partial charge in [0.1, 0.15) is 10.0 Å². The lowest BCUT2D eigenvalue weighted by Gasteiger charge is -2.01. The molecule has 0 saturated heterocycles. The summed E-state index contributed by atoms with van der Waals surface area (Å²) in [6.45, 7) is 2.33. The molecule has 3 rings (SSSR count). The Morgan fingerprint density at radius 3 is 2.96 bits per heavy atom. The van der Waals surface area contributed by atoms with Gasteiger partial charge in [0.2, 0.25) is 0 Å². The summed E-state index contributed by atoms with van der Waals surface area (Å²) in [4.78, 5) is 7.30. The van der Waals surface area contributed by atoms with Gasteiger partial charge in [-0.1, -0.05) is 6.07 Å². The van der Waals surface area contributed by atoms with Crippen LogP contribution in [0.2, 0.25) is 0 Å². The first-order chi connectivity index (χ1) is 11.5. The van der Waals surface area contributed by atoms with E-state index in [1.54, 1.807) is 17.5 Å². The highest BCUT2D eigenvalue weighted by molar-refractivity contribution is 7.92. The number of aromatic amines is 1. The largest absolute Gasteiger partial charge is 0.358 e. The predicted molar refractivity (Wildman–Crippen MR) is 94.7 cm³/mol. The van der Waals surface area contributed by atoms with Crippen molar-refractivity contribution in [2.45, 2.75) is 17.6 Å². The van der Waals surface area contributed by atoms with Crippen LogP contribution in [0.25, 0.3) is 10.9 Å². The van der Waals surface area contributed by atoms with Crippen LogP contribution in [0.4, 0.5) is 4.39 Å². The van der Waals surface area contributed by atoms with Crippen LogP contribution in [0.1, 0.15) is 11.3 Å². The number of aromatic nitrogens is 1. The molecule has 0 saturated carbocycles. The standard InChI is InChI=1S/C16H16FN3O2S2/c1-11-13(14-9-12(17)4-5-15(14)20-11)6-7-18-10-19-24(21,22)16-3-2-8-23-16/h2-5,8-10,20H,6-7H2,1H3,(H,18,19). The molecule has 0 radical (unpaired) electrons. The van der Waals surface area contributed by atoms with Crippen LogP contribution in [-0.2, 0) is 16.4 Å². The van der Waals surface area contributed by atoms with E-state index in [1.807, 2.05) is 6.92 Å². The van der Waals surface area contributed by atoms with Crippen LogP contribution < -0.4 is 4.72 Å². The van der Waals surface area contributed by atoms with Crippen LogP contribution in [0.15, 0.2) is 44.9 Å². The van der Waals surface area contributed by atoms with Gasteiger partial charge in [0.15, 0.2) is 0 Å². The molecule has 0 amide bonds. The molecule has 3 aromatic rings. The number of fused-ring (bicyclic) bond motifs is 1. The highest BCUT2D eigenvalue weighted by Gasteiger charge is 2.12. The summed E-state index contributed by atoms with van der Waals surface area (Å²) in [5.74, 6) is -0.282. The summed E-state index contributed by atoms with van der Waals surface area (Å²) in [6.07, 6.45) is 1.78. The normalized spacial score (nSPS) is 12.2. The van der Waals surface area contributed by atoms with Crippen molar-refractivity contribution in [3.63, 3.8) is 0 Å². The van der Waals surface area contributed by atoms with Crippen molar-refractivity contribution in [1.82, 2.24) is 9.71 Å². The Labute approximate surface area is 143 Å². The summed E-state index contributed by atoms with van der Waals surface area (Å²) >= 11 is 1.14. The van der Waals surface area contributed by atoms with Gasteiger partial charge in [-0.3, -0.25) is 9.71 Å². The Bertz CT molecular complexity index is 976. The maximum absolute atomic E-state index is 13.4. The van der Waals surface area contributed by atoms with E-state index in [4.69, 9.17) is 0 Å². The molecule has 0 aliphatic rings. The zero-order chi connectivity index (χ0) is 17.2. The topological polar surface area (TPSA) is 74.3 Å². The van der Waals surface area contributed by atoms with E-state index in [0.29, 0.717) is 13.0 Å². The second-order valence-corrected chi connectivity index (χ2v) is 8.15. The molecule has 8 heteroatoms. The zero-order valence-corrected chi connectivity index (χ0v) is 14.5. The van der Waals surface area contributed by atoms with Crippen LogP contribution in [0.3, 0.4) is 0 Å². The Balaban J connectivity index is 1.65. The first-order valence-electron chi connectivity index (χ1n) is 7.28. The van der Waals surface area contributed by atoms with E-state index in [0.717, 1.165) is 33.5 Å².